The molecular weight excluding hydrogens is 208 g/mol. The highest BCUT2D eigenvalue weighted by Crippen LogP contribution is 2.17. The minimum absolute atomic E-state index is 0.0141. The molecule has 0 aliphatic rings. The lowest BCUT2D eigenvalue weighted by molar-refractivity contribution is -0.113. The molecule has 0 atom stereocenters. The van der Waals surface area contributed by atoms with Crippen LogP contribution in [0.25, 0.3) is 5.57 Å². The molecule has 0 saturated carbocycles. The van der Waals surface area contributed by atoms with E-state index in [-0.39, 0.29) is 5.78 Å². The van der Waals surface area contributed by atoms with Crippen molar-refractivity contribution >= 4 is 11.4 Å². The largest absolute Gasteiger partial charge is 0.295 e. The Balaban J connectivity index is 3.18. The maximum Gasteiger partial charge on any atom is 0.159 e. The third kappa shape index (κ3) is 3.72. The smallest absolute Gasteiger partial charge is 0.159 e. The Morgan fingerprint density at radius 1 is 1.18 bits per heavy atom. The molecule has 17 heavy (non-hydrogen) atoms. The molecule has 0 aliphatic carbocycles. The Labute approximate surface area is 102 Å². The highest BCUT2D eigenvalue weighted by atomic mass is 16.1. The molecular formula is C16H16O. The standard InChI is InChI=1S/C16H16O/c1-4-9-16(13(3)17)12-14(5-2)15-10-7-6-8-11-15/h4-12H,1-2H2,3H3/b14-12+,16-9+. The lowest BCUT2D eigenvalue weighted by atomic mass is 10.0. The van der Waals surface area contributed by atoms with Gasteiger partial charge >= 0.3 is 0 Å². The van der Waals surface area contributed by atoms with Crippen LogP contribution < -0.4 is 0 Å². The zero-order chi connectivity index (χ0) is 12.7. The van der Waals surface area contributed by atoms with E-state index in [1.54, 1.807) is 18.2 Å². The topological polar surface area (TPSA) is 17.1 Å². The summed E-state index contributed by atoms with van der Waals surface area (Å²) in [5.41, 5.74) is 2.59. The zero-order valence-electron chi connectivity index (χ0n) is 10.0. The Kier molecular flexibility index (Phi) is 4.89. The molecule has 1 rings (SSSR count). The lowest BCUT2D eigenvalue weighted by Gasteiger charge is -2.03. The average molecular weight is 224 g/mol. The van der Waals surface area contributed by atoms with E-state index in [2.05, 4.69) is 13.2 Å². The van der Waals surface area contributed by atoms with Gasteiger partial charge in [0, 0.05) is 5.57 Å². The van der Waals surface area contributed by atoms with E-state index in [4.69, 9.17) is 0 Å². The molecule has 1 aromatic rings. The van der Waals surface area contributed by atoms with E-state index in [1.165, 1.54) is 6.92 Å². The Hall–Kier alpha value is -2.15. The number of carbonyl (C=O) groups is 1. The van der Waals surface area contributed by atoms with Crippen molar-refractivity contribution in [1.82, 2.24) is 0 Å². The Bertz CT molecular complexity index is 476. The van der Waals surface area contributed by atoms with Crippen molar-refractivity contribution in [3.63, 3.8) is 0 Å². The van der Waals surface area contributed by atoms with Crippen LogP contribution in [0.2, 0.25) is 0 Å². The van der Waals surface area contributed by atoms with Gasteiger partial charge in [-0.2, -0.15) is 0 Å². The van der Waals surface area contributed by atoms with Gasteiger partial charge in [-0.05, 0) is 24.1 Å². The van der Waals surface area contributed by atoms with Crippen LogP contribution in [-0.2, 0) is 4.79 Å². The fourth-order valence-electron chi connectivity index (χ4n) is 1.45. The molecule has 1 aromatic carbocycles. The first kappa shape index (κ1) is 12.9. The first-order valence-corrected chi connectivity index (χ1v) is 5.42. The van der Waals surface area contributed by atoms with Crippen LogP contribution >= 0.6 is 0 Å². The van der Waals surface area contributed by atoms with Crippen LogP contribution in [0.3, 0.4) is 0 Å². The van der Waals surface area contributed by atoms with E-state index in [0.29, 0.717) is 5.57 Å². The summed E-state index contributed by atoms with van der Waals surface area (Å²) in [6.07, 6.45) is 6.88. The predicted molar refractivity (Wildman–Crippen MR) is 73.6 cm³/mol. The number of allylic oxidation sites excluding steroid dienone is 6. The molecule has 0 amide bonds. The van der Waals surface area contributed by atoms with Gasteiger partial charge in [-0.3, -0.25) is 4.79 Å². The minimum atomic E-state index is 0.0141. The summed E-state index contributed by atoms with van der Waals surface area (Å²) < 4.78 is 0. The van der Waals surface area contributed by atoms with Gasteiger partial charge in [0.2, 0.25) is 0 Å². The third-order valence-corrected chi connectivity index (χ3v) is 2.34. The summed E-state index contributed by atoms with van der Waals surface area (Å²) in [6, 6.07) is 9.84. The van der Waals surface area contributed by atoms with E-state index in [1.807, 2.05) is 36.4 Å². The number of ketones is 1. The maximum atomic E-state index is 11.4. The van der Waals surface area contributed by atoms with Gasteiger partial charge in [0.05, 0.1) is 0 Å². The highest BCUT2D eigenvalue weighted by molar-refractivity contribution is 5.99. The van der Waals surface area contributed by atoms with Crippen LogP contribution in [0, 0.1) is 0 Å². The van der Waals surface area contributed by atoms with Crippen LogP contribution in [0.4, 0.5) is 0 Å². The molecule has 1 heteroatoms. The third-order valence-electron chi connectivity index (χ3n) is 2.34. The van der Waals surface area contributed by atoms with E-state index >= 15 is 0 Å². The monoisotopic (exact) mass is 224 g/mol. The molecule has 86 valence electrons. The van der Waals surface area contributed by atoms with Crippen molar-refractivity contribution in [2.75, 3.05) is 0 Å². The van der Waals surface area contributed by atoms with Gasteiger partial charge in [0.1, 0.15) is 0 Å². The van der Waals surface area contributed by atoms with Crippen molar-refractivity contribution < 1.29 is 4.79 Å². The number of Topliss-reactive ketones (excluding diaryl/α,β-unsaturated/α-hetero) is 1. The summed E-state index contributed by atoms with van der Waals surface area (Å²) >= 11 is 0. The van der Waals surface area contributed by atoms with Gasteiger partial charge in [-0.15, -0.1) is 0 Å². The number of carbonyl (C=O) groups excluding carboxylic acids is 1. The molecule has 0 bridgehead atoms. The molecule has 0 saturated heterocycles. The van der Waals surface area contributed by atoms with Crippen LogP contribution in [0.1, 0.15) is 12.5 Å². The van der Waals surface area contributed by atoms with Crippen molar-refractivity contribution in [1.29, 1.82) is 0 Å². The molecule has 0 aromatic heterocycles. The quantitative estimate of drug-likeness (QED) is 0.546. The van der Waals surface area contributed by atoms with Gasteiger partial charge in [0.25, 0.3) is 0 Å². The van der Waals surface area contributed by atoms with Gasteiger partial charge in [-0.1, -0.05) is 61.7 Å². The Morgan fingerprint density at radius 3 is 2.29 bits per heavy atom. The lowest BCUT2D eigenvalue weighted by Crippen LogP contribution is -1.94. The van der Waals surface area contributed by atoms with Gasteiger partial charge in [-0.25, -0.2) is 0 Å². The summed E-state index contributed by atoms with van der Waals surface area (Å²) in [6.45, 7) is 8.92. The molecule has 0 radical (unpaired) electrons. The SMILES string of the molecule is C=C/C=C(\C=C(/C=C)c1ccccc1)C(C)=O. The van der Waals surface area contributed by atoms with Crippen molar-refractivity contribution in [2.45, 2.75) is 6.92 Å². The second-order valence-electron chi connectivity index (χ2n) is 3.58. The molecule has 0 spiro atoms. The molecule has 0 fully saturated rings. The van der Waals surface area contributed by atoms with Crippen LogP contribution in [-0.4, -0.2) is 5.78 Å². The molecule has 0 heterocycles. The number of hydrogen-bond acceptors (Lipinski definition) is 1. The normalized spacial score (nSPS) is 12.1. The molecule has 0 N–H and O–H groups in total. The highest BCUT2D eigenvalue weighted by Gasteiger charge is 2.02. The van der Waals surface area contributed by atoms with E-state index in [0.717, 1.165) is 11.1 Å². The Morgan fingerprint density at radius 2 is 1.82 bits per heavy atom. The fourth-order valence-corrected chi connectivity index (χ4v) is 1.45. The molecule has 1 nitrogen and oxygen atoms in total. The summed E-state index contributed by atoms with van der Waals surface area (Å²) in [7, 11) is 0. The number of benzene rings is 1. The van der Waals surface area contributed by atoms with Crippen LogP contribution in [0.5, 0.6) is 0 Å². The summed E-state index contributed by atoms with van der Waals surface area (Å²) in [4.78, 5) is 11.4. The van der Waals surface area contributed by atoms with Crippen molar-refractivity contribution in [2.24, 2.45) is 0 Å². The first-order valence-electron chi connectivity index (χ1n) is 5.42. The average Bonchev–Trinajstić information content (AvgIpc) is 2.35. The molecule has 0 aliphatic heterocycles. The summed E-state index contributed by atoms with van der Waals surface area (Å²) in [5, 5.41) is 0. The van der Waals surface area contributed by atoms with E-state index < -0.39 is 0 Å². The zero-order valence-corrected chi connectivity index (χ0v) is 10.0. The van der Waals surface area contributed by atoms with Crippen molar-refractivity contribution in [3.05, 3.63) is 78.9 Å². The summed E-state index contributed by atoms with van der Waals surface area (Å²) in [5.74, 6) is 0.0141. The van der Waals surface area contributed by atoms with E-state index in [9.17, 15) is 4.79 Å². The van der Waals surface area contributed by atoms with Crippen molar-refractivity contribution in [3.8, 4) is 0 Å². The predicted octanol–water partition coefficient (Wildman–Crippen LogP) is 3.96. The van der Waals surface area contributed by atoms with Gasteiger partial charge < -0.3 is 0 Å². The minimum Gasteiger partial charge on any atom is -0.295 e. The van der Waals surface area contributed by atoms with Crippen LogP contribution in [0.15, 0.2) is 73.4 Å². The second kappa shape index (κ2) is 6.44. The first-order chi connectivity index (χ1) is 8.19. The molecule has 0 unspecified atom stereocenters. The number of hydrogen-bond donors (Lipinski definition) is 0. The second-order valence-corrected chi connectivity index (χ2v) is 3.58. The van der Waals surface area contributed by atoms with Gasteiger partial charge in [0.15, 0.2) is 5.78 Å². The maximum absolute atomic E-state index is 11.4. The number of rotatable bonds is 5. The fraction of sp³-hybridized carbons (Fsp3) is 0.0625.